The molecule has 0 spiro atoms. The van der Waals surface area contributed by atoms with Gasteiger partial charge in [-0.15, -0.1) is 0 Å². The highest BCUT2D eigenvalue weighted by molar-refractivity contribution is 7.90. The fraction of sp³-hybridized carbons (Fsp3) is 0.250. The Hall–Kier alpha value is -2.81. The number of fused-ring (bicyclic) bond motifs is 1. The number of sulfone groups is 1. The third-order valence-electron chi connectivity index (χ3n) is 4.45. The van der Waals surface area contributed by atoms with Gasteiger partial charge in [0.05, 0.1) is 10.3 Å². The Morgan fingerprint density at radius 3 is 2.55 bits per heavy atom. The second-order valence-corrected chi connectivity index (χ2v) is 8.50. The normalized spacial score (nSPS) is 11.9. The Bertz CT molecular complexity index is 1180. The van der Waals surface area contributed by atoms with Crippen LogP contribution in [-0.4, -0.2) is 31.4 Å². The Morgan fingerprint density at radius 1 is 1.21 bits per heavy atom. The van der Waals surface area contributed by atoms with E-state index in [0.29, 0.717) is 11.3 Å². The lowest BCUT2D eigenvalue weighted by molar-refractivity contribution is -0.0494. The topological polar surface area (TPSA) is 76.5 Å². The average Bonchev–Trinajstić information content (AvgIpc) is 2.65. The maximum absolute atomic E-state index is 14.3. The van der Waals surface area contributed by atoms with Gasteiger partial charge in [0, 0.05) is 23.9 Å². The van der Waals surface area contributed by atoms with Crippen molar-refractivity contribution in [1.29, 1.82) is 0 Å². The lowest BCUT2D eigenvalue weighted by Gasteiger charge is -2.18. The summed E-state index contributed by atoms with van der Waals surface area (Å²) in [6.07, 6.45) is 1.35. The molecule has 0 saturated carbocycles. The van der Waals surface area contributed by atoms with Gasteiger partial charge < -0.3 is 9.84 Å². The minimum absolute atomic E-state index is 0.00742. The zero-order valence-corrected chi connectivity index (χ0v) is 16.4. The number of aromatic nitrogens is 1. The summed E-state index contributed by atoms with van der Waals surface area (Å²) in [5, 5.41) is 9.93. The number of hydrogen-bond acceptors (Lipinski definition) is 5. The number of nitrogens with zero attached hydrogens (tertiary/aromatic N) is 1. The Morgan fingerprint density at radius 2 is 1.93 bits per heavy atom. The maximum Gasteiger partial charge on any atom is 0.387 e. The van der Waals surface area contributed by atoms with Crippen molar-refractivity contribution in [2.45, 2.75) is 31.3 Å². The Labute approximate surface area is 165 Å². The fourth-order valence-corrected chi connectivity index (χ4v) is 3.85. The largest absolute Gasteiger partial charge is 0.507 e. The summed E-state index contributed by atoms with van der Waals surface area (Å²) in [5.41, 5.74) is 0.777. The zero-order chi connectivity index (χ0) is 21.3. The lowest BCUT2D eigenvalue weighted by Crippen LogP contribution is -2.10. The molecule has 3 aromatic rings. The van der Waals surface area contributed by atoms with E-state index in [1.807, 2.05) is 0 Å². The molecule has 0 aliphatic carbocycles. The summed E-state index contributed by atoms with van der Waals surface area (Å²) >= 11 is 0. The van der Waals surface area contributed by atoms with Crippen molar-refractivity contribution in [1.82, 2.24) is 4.98 Å². The van der Waals surface area contributed by atoms with Gasteiger partial charge in [-0.05, 0) is 36.2 Å². The van der Waals surface area contributed by atoms with Crippen LogP contribution in [0, 0.1) is 5.82 Å². The zero-order valence-electron chi connectivity index (χ0n) is 15.6. The smallest absolute Gasteiger partial charge is 0.387 e. The van der Waals surface area contributed by atoms with Crippen LogP contribution in [0.5, 0.6) is 11.5 Å². The Balaban J connectivity index is 2.27. The molecule has 0 unspecified atom stereocenters. The molecule has 0 aliphatic heterocycles. The van der Waals surface area contributed by atoms with Crippen molar-refractivity contribution in [2.24, 2.45) is 0 Å². The molecular formula is C20H18F3NO4S. The first-order valence-electron chi connectivity index (χ1n) is 8.68. The molecule has 1 N–H and O–H groups in total. The van der Waals surface area contributed by atoms with E-state index in [9.17, 15) is 26.7 Å². The van der Waals surface area contributed by atoms with E-state index >= 15 is 0 Å². The summed E-state index contributed by atoms with van der Waals surface area (Å²) in [6.45, 7) is -1.49. The second-order valence-electron chi connectivity index (χ2n) is 6.48. The molecule has 0 bridgehead atoms. The third kappa shape index (κ3) is 4.29. The molecule has 2 aromatic carbocycles. The van der Waals surface area contributed by atoms with Gasteiger partial charge in [-0.1, -0.05) is 19.1 Å². The molecule has 1 heterocycles. The summed E-state index contributed by atoms with van der Waals surface area (Å²) in [4.78, 5) is 4.29. The van der Waals surface area contributed by atoms with Crippen molar-refractivity contribution < 1.29 is 31.4 Å². The predicted octanol–water partition coefficient (Wildman–Crippen LogP) is 4.24. The van der Waals surface area contributed by atoms with Gasteiger partial charge in [0.1, 0.15) is 22.8 Å². The molecule has 0 amide bonds. The first-order valence-corrected chi connectivity index (χ1v) is 10.6. The molecule has 3 rings (SSSR count). The molecule has 0 fully saturated rings. The number of phenolic OH excluding ortho intramolecular Hbond substituents is 1. The molecule has 0 radical (unpaired) electrons. The van der Waals surface area contributed by atoms with Crippen LogP contribution in [0.1, 0.15) is 23.7 Å². The van der Waals surface area contributed by atoms with Crippen LogP contribution < -0.4 is 4.74 Å². The number of pyridine rings is 1. The van der Waals surface area contributed by atoms with Gasteiger partial charge in [-0.2, -0.15) is 8.78 Å². The van der Waals surface area contributed by atoms with Crippen LogP contribution in [0.4, 0.5) is 13.2 Å². The molecule has 9 heteroatoms. The van der Waals surface area contributed by atoms with E-state index in [0.717, 1.165) is 18.4 Å². The summed E-state index contributed by atoms with van der Waals surface area (Å²) in [7, 11) is -3.47. The van der Waals surface area contributed by atoms with Crippen molar-refractivity contribution in [3.05, 3.63) is 59.0 Å². The lowest BCUT2D eigenvalue weighted by atomic mass is 9.98. The van der Waals surface area contributed by atoms with Crippen molar-refractivity contribution in [3.63, 3.8) is 0 Å². The second kappa shape index (κ2) is 7.90. The van der Waals surface area contributed by atoms with E-state index < -0.39 is 28.0 Å². The van der Waals surface area contributed by atoms with Crippen LogP contribution in [0.25, 0.3) is 10.9 Å². The first-order chi connectivity index (χ1) is 13.6. The number of hydrogen-bond donors (Lipinski definition) is 1. The van der Waals surface area contributed by atoms with Gasteiger partial charge in [-0.25, -0.2) is 17.8 Å². The van der Waals surface area contributed by atoms with Gasteiger partial charge in [0.25, 0.3) is 0 Å². The number of aryl methyl sites for hydroxylation is 1. The minimum Gasteiger partial charge on any atom is -0.507 e. The third-order valence-corrected chi connectivity index (χ3v) is 5.56. The summed E-state index contributed by atoms with van der Waals surface area (Å²) < 4.78 is 68.9. The predicted molar refractivity (Wildman–Crippen MR) is 102 cm³/mol. The highest BCUT2D eigenvalue weighted by Gasteiger charge is 2.23. The SMILES string of the molecule is CCc1nc2c(F)ccc(O)c2c(OC(F)F)c1Cc1cccc(S(C)(=O)=O)c1. The highest BCUT2D eigenvalue weighted by Crippen LogP contribution is 2.40. The van der Waals surface area contributed by atoms with E-state index in [2.05, 4.69) is 9.72 Å². The van der Waals surface area contributed by atoms with E-state index in [1.54, 1.807) is 13.0 Å². The fourth-order valence-electron chi connectivity index (χ4n) is 3.16. The first kappa shape index (κ1) is 20.9. The number of halogens is 3. The molecule has 1 aromatic heterocycles. The maximum atomic E-state index is 14.3. The molecule has 0 aliphatic rings. The van der Waals surface area contributed by atoms with Gasteiger partial charge in [0.15, 0.2) is 9.84 Å². The van der Waals surface area contributed by atoms with Crippen LogP contribution in [0.2, 0.25) is 0 Å². The van der Waals surface area contributed by atoms with E-state index in [4.69, 9.17) is 0 Å². The van der Waals surface area contributed by atoms with Crippen LogP contribution >= 0.6 is 0 Å². The van der Waals surface area contributed by atoms with Crippen molar-refractivity contribution >= 4 is 20.7 Å². The van der Waals surface area contributed by atoms with Gasteiger partial charge in [0.2, 0.25) is 0 Å². The van der Waals surface area contributed by atoms with Crippen LogP contribution in [-0.2, 0) is 22.7 Å². The molecule has 0 atom stereocenters. The molecule has 154 valence electrons. The standard InChI is InChI=1S/C20H18F3NO4S/c1-3-15-13(10-11-5-4-6-12(9-11)29(2,26)27)19(28-20(22)23)17-16(25)8-7-14(21)18(17)24-15/h4-9,20,25H,3,10H2,1-2H3. The highest BCUT2D eigenvalue weighted by atomic mass is 32.2. The van der Waals surface area contributed by atoms with E-state index in [-0.39, 0.29) is 40.0 Å². The molecular weight excluding hydrogens is 407 g/mol. The number of aromatic hydroxyl groups is 1. The van der Waals surface area contributed by atoms with Crippen LogP contribution in [0.15, 0.2) is 41.3 Å². The van der Waals surface area contributed by atoms with Gasteiger partial charge >= 0.3 is 6.61 Å². The molecule has 29 heavy (non-hydrogen) atoms. The number of ether oxygens (including phenoxy) is 1. The van der Waals surface area contributed by atoms with E-state index in [1.165, 1.54) is 18.2 Å². The monoisotopic (exact) mass is 425 g/mol. The van der Waals surface area contributed by atoms with Crippen molar-refractivity contribution in [3.8, 4) is 11.5 Å². The van der Waals surface area contributed by atoms with Crippen LogP contribution in [0.3, 0.4) is 0 Å². The number of phenols is 1. The summed E-state index contributed by atoms with van der Waals surface area (Å²) in [5.74, 6) is -1.60. The Kier molecular flexibility index (Phi) is 5.70. The van der Waals surface area contributed by atoms with Gasteiger partial charge in [-0.3, -0.25) is 0 Å². The molecule has 5 nitrogen and oxygen atoms in total. The number of benzene rings is 2. The minimum atomic E-state index is -3.47. The quantitative estimate of drug-likeness (QED) is 0.639. The average molecular weight is 425 g/mol. The number of rotatable bonds is 6. The summed E-state index contributed by atoms with van der Waals surface area (Å²) in [6, 6.07) is 8.06. The van der Waals surface area contributed by atoms with Crippen molar-refractivity contribution in [2.75, 3.05) is 6.26 Å². The number of alkyl halides is 2. The molecule has 0 saturated heterocycles.